The maximum atomic E-state index is 12.2. The van der Waals surface area contributed by atoms with Gasteiger partial charge in [0, 0.05) is 24.8 Å². The molecule has 24 heavy (non-hydrogen) atoms. The van der Waals surface area contributed by atoms with E-state index in [0.29, 0.717) is 13.0 Å². The standard InChI is InChI=1S/C20H24N2O2/c23-12-11-18(15-5-2-1-3-6-15)14-21-20(24)22-19-10-9-16-7-4-8-17(16)13-19/h1-3,5-6,9-10,13,18,23H,4,7-8,11-12,14H2,(H2,21,22,24). The first-order chi connectivity index (χ1) is 11.8. The highest BCUT2D eigenvalue weighted by molar-refractivity contribution is 5.89. The number of aliphatic hydroxyl groups is 1. The van der Waals surface area contributed by atoms with Crippen LogP contribution in [0.5, 0.6) is 0 Å². The summed E-state index contributed by atoms with van der Waals surface area (Å²) in [5.41, 5.74) is 4.71. The van der Waals surface area contributed by atoms with Crippen LogP contribution in [0, 0.1) is 0 Å². The summed E-state index contributed by atoms with van der Waals surface area (Å²) < 4.78 is 0. The zero-order valence-electron chi connectivity index (χ0n) is 13.8. The zero-order chi connectivity index (χ0) is 16.8. The Morgan fingerprint density at radius 2 is 1.88 bits per heavy atom. The lowest BCUT2D eigenvalue weighted by molar-refractivity contribution is 0.248. The van der Waals surface area contributed by atoms with Gasteiger partial charge in [-0.15, -0.1) is 0 Å². The number of rotatable bonds is 6. The summed E-state index contributed by atoms with van der Waals surface area (Å²) in [5.74, 6) is 0.113. The first-order valence-corrected chi connectivity index (χ1v) is 8.58. The lowest BCUT2D eigenvalue weighted by atomic mass is 9.96. The number of aliphatic hydroxyl groups excluding tert-OH is 1. The zero-order valence-corrected chi connectivity index (χ0v) is 13.8. The fraction of sp³-hybridized carbons (Fsp3) is 0.350. The van der Waals surface area contributed by atoms with Crippen molar-refractivity contribution in [2.45, 2.75) is 31.6 Å². The summed E-state index contributed by atoms with van der Waals surface area (Å²) in [6.45, 7) is 0.606. The summed E-state index contributed by atoms with van der Waals surface area (Å²) in [4.78, 5) is 12.2. The van der Waals surface area contributed by atoms with E-state index in [9.17, 15) is 9.90 Å². The van der Waals surface area contributed by atoms with Gasteiger partial charge in [0.2, 0.25) is 0 Å². The largest absolute Gasteiger partial charge is 0.396 e. The van der Waals surface area contributed by atoms with Gasteiger partial charge in [-0.1, -0.05) is 36.4 Å². The molecule has 0 aliphatic heterocycles. The molecule has 0 heterocycles. The molecule has 4 nitrogen and oxygen atoms in total. The molecular formula is C20H24N2O2. The van der Waals surface area contributed by atoms with Crippen molar-refractivity contribution in [1.29, 1.82) is 0 Å². The summed E-state index contributed by atoms with van der Waals surface area (Å²) in [6.07, 6.45) is 4.06. The van der Waals surface area contributed by atoms with Crippen molar-refractivity contribution in [2.24, 2.45) is 0 Å². The van der Waals surface area contributed by atoms with Crippen LogP contribution in [0.1, 0.15) is 35.4 Å². The van der Waals surface area contributed by atoms with E-state index in [2.05, 4.69) is 22.8 Å². The van der Waals surface area contributed by atoms with Gasteiger partial charge in [0.05, 0.1) is 0 Å². The Labute approximate surface area is 142 Å². The normalized spacial score (nSPS) is 14.0. The minimum absolute atomic E-state index is 0.105. The van der Waals surface area contributed by atoms with Crippen LogP contribution in [-0.2, 0) is 12.8 Å². The third-order valence-electron chi connectivity index (χ3n) is 4.61. The Bertz CT molecular complexity index is 685. The van der Waals surface area contributed by atoms with E-state index in [-0.39, 0.29) is 18.6 Å². The Hall–Kier alpha value is -2.33. The molecule has 1 aliphatic carbocycles. The summed E-state index contributed by atoms with van der Waals surface area (Å²) >= 11 is 0. The summed E-state index contributed by atoms with van der Waals surface area (Å²) in [7, 11) is 0. The highest BCUT2D eigenvalue weighted by Gasteiger charge is 2.14. The topological polar surface area (TPSA) is 61.4 Å². The molecule has 4 heteroatoms. The lowest BCUT2D eigenvalue weighted by Crippen LogP contribution is -2.32. The van der Waals surface area contributed by atoms with E-state index in [0.717, 1.165) is 24.1 Å². The number of hydrogen-bond donors (Lipinski definition) is 3. The van der Waals surface area contributed by atoms with Crippen molar-refractivity contribution in [3.8, 4) is 0 Å². The molecule has 1 unspecified atom stereocenters. The third kappa shape index (κ3) is 4.15. The molecular weight excluding hydrogens is 300 g/mol. The average Bonchev–Trinajstić information content (AvgIpc) is 3.07. The number of fused-ring (bicyclic) bond motifs is 1. The number of aryl methyl sites for hydroxylation is 2. The Balaban J connectivity index is 1.56. The lowest BCUT2D eigenvalue weighted by Gasteiger charge is -2.17. The van der Waals surface area contributed by atoms with Gasteiger partial charge in [-0.3, -0.25) is 0 Å². The maximum Gasteiger partial charge on any atom is 0.319 e. The number of amides is 2. The van der Waals surface area contributed by atoms with Crippen LogP contribution in [-0.4, -0.2) is 24.3 Å². The van der Waals surface area contributed by atoms with E-state index >= 15 is 0 Å². The molecule has 0 bridgehead atoms. The van der Waals surface area contributed by atoms with Gasteiger partial charge < -0.3 is 15.7 Å². The molecule has 126 valence electrons. The van der Waals surface area contributed by atoms with Crippen molar-refractivity contribution in [3.05, 3.63) is 65.2 Å². The summed E-state index contributed by atoms with van der Waals surface area (Å²) in [5, 5.41) is 15.1. The van der Waals surface area contributed by atoms with Crippen molar-refractivity contribution in [2.75, 3.05) is 18.5 Å². The second kappa shape index (κ2) is 7.97. The van der Waals surface area contributed by atoms with Crippen LogP contribution >= 0.6 is 0 Å². The van der Waals surface area contributed by atoms with E-state index in [1.807, 2.05) is 36.4 Å². The average molecular weight is 324 g/mol. The second-order valence-corrected chi connectivity index (χ2v) is 6.29. The number of benzene rings is 2. The van der Waals surface area contributed by atoms with E-state index in [1.165, 1.54) is 17.5 Å². The van der Waals surface area contributed by atoms with Gasteiger partial charge in [0.1, 0.15) is 0 Å². The minimum atomic E-state index is -0.202. The molecule has 0 saturated carbocycles. The van der Waals surface area contributed by atoms with Gasteiger partial charge in [0.25, 0.3) is 0 Å². The number of anilines is 1. The Morgan fingerprint density at radius 3 is 2.67 bits per heavy atom. The monoisotopic (exact) mass is 324 g/mol. The molecule has 2 aromatic carbocycles. The molecule has 3 rings (SSSR count). The smallest absolute Gasteiger partial charge is 0.319 e. The number of nitrogens with one attached hydrogen (secondary N) is 2. The van der Waals surface area contributed by atoms with Crippen LogP contribution in [0.3, 0.4) is 0 Å². The Kier molecular flexibility index (Phi) is 5.49. The van der Waals surface area contributed by atoms with Crippen molar-refractivity contribution in [3.63, 3.8) is 0 Å². The van der Waals surface area contributed by atoms with Gasteiger partial charge in [-0.2, -0.15) is 0 Å². The molecule has 2 aromatic rings. The van der Waals surface area contributed by atoms with Crippen molar-refractivity contribution in [1.82, 2.24) is 5.32 Å². The van der Waals surface area contributed by atoms with Gasteiger partial charge in [-0.05, 0) is 54.5 Å². The van der Waals surface area contributed by atoms with Gasteiger partial charge in [0.15, 0.2) is 0 Å². The van der Waals surface area contributed by atoms with E-state index in [1.54, 1.807) is 0 Å². The predicted molar refractivity (Wildman–Crippen MR) is 96.4 cm³/mol. The van der Waals surface area contributed by atoms with Gasteiger partial charge in [-0.25, -0.2) is 4.79 Å². The van der Waals surface area contributed by atoms with Crippen LogP contribution in [0.2, 0.25) is 0 Å². The first-order valence-electron chi connectivity index (χ1n) is 8.58. The first kappa shape index (κ1) is 16.5. The summed E-state index contributed by atoms with van der Waals surface area (Å²) in [6, 6.07) is 15.9. The van der Waals surface area contributed by atoms with Crippen LogP contribution in [0.15, 0.2) is 48.5 Å². The molecule has 0 aromatic heterocycles. The van der Waals surface area contributed by atoms with E-state index in [4.69, 9.17) is 0 Å². The highest BCUT2D eigenvalue weighted by atomic mass is 16.3. The predicted octanol–water partition coefficient (Wildman–Crippen LogP) is 3.46. The molecule has 0 radical (unpaired) electrons. The molecule has 2 amide bonds. The van der Waals surface area contributed by atoms with Gasteiger partial charge >= 0.3 is 6.03 Å². The SMILES string of the molecule is O=C(NCC(CCO)c1ccccc1)Nc1ccc2c(c1)CCC2. The highest BCUT2D eigenvalue weighted by Crippen LogP contribution is 2.25. The molecule has 3 N–H and O–H groups in total. The van der Waals surface area contributed by atoms with E-state index < -0.39 is 0 Å². The maximum absolute atomic E-state index is 12.2. The quantitative estimate of drug-likeness (QED) is 0.762. The van der Waals surface area contributed by atoms with Crippen molar-refractivity contribution < 1.29 is 9.90 Å². The molecule has 0 spiro atoms. The Morgan fingerprint density at radius 1 is 1.08 bits per heavy atom. The second-order valence-electron chi connectivity index (χ2n) is 6.29. The number of carbonyl (C=O) groups excluding carboxylic acids is 1. The van der Waals surface area contributed by atoms with Crippen LogP contribution in [0.25, 0.3) is 0 Å². The van der Waals surface area contributed by atoms with Crippen molar-refractivity contribution >= 4 is 11.7 Å². The molecule has 0 fully saturated rings. The molecule has 0 saturated heterocycles. The van der Waals surface area contributed by atoms with Crippen LogP contribution < -0.4 is 10.6 Å². The third-order valence-corrected chi connectivity index (χ3v) is 4.61. The molecule has 1 aliphatic rings. The fourth-order valence-electron chi connectivity index (χ4n) is 3.31. The number of carbonyl (C=O) groups is 1. The molecule has 1 atom stereocenters. The fourth-order valence-corrected chi connectivity index (χ4v) is 3.31. The number of urea groups is 1. The minimum Gasteiger partial charge on any atom is -0.396 e. The number of hydrogen-bond acceptors (Lipinski definition) is 2. The van der Waals surface area contributed by atoms with Crippen LogP contribution in [0.4, 0.5) is 10.5 Å².